The highest BCUT2D eigenvalue weighted by Gasteiger charge is 2.15. The Morgan fingerprint density at radius 2 is 1.94 bits per heavy atom. The fraction of sp³-hybridized carbons (Fsp3) is 0.200. The summed E-state index contributed by atoms with van der Waals surface area (Å²) >= 11 is 6.11. The standard InChI is InChI=1S/C15H15ClFN/c1-10-4-3-5-11(8-10)15(18-2)13-7-6-12(17)9-14(13)16/h3-9,15,18H,1-2H3. The van der Waals surface area contributed by atoms with Crippen LogP contribution in [0.5, 0.6) is 0 Å². The van der Waals surface area contributed by atoms with Crippen molar-refractivity contribution in [2.75, 3.05) is 7.05 Å². The van der Waals surface area contributed by atoms with Crippen LogP contribution in [0.15, 0.2) is 42.5 Å². The zero-order chi connectivity index (χ0) is 13.1. The smallest absolute Gasteiger partial charge is 0.124 e. The molecule has 0 fully saturated rings. The lowest BCUT2D eigenvalue weighted by Gasteiger charge is -2.19. The molecule has 18 heavy (non-hydrogen) atoms. The summed E-state index contributed by atoms with van der Waals surface area (Å²) in [6.45, 7) is 2.04. The quantitative estimate of drug-likeness (QED) is 0.879. The Hall–Kier alpha value is -1.38. The van der Waals surface area contributed by atoms with Gasteiger partial charge in [0.2, 0.25) is 0 Å². The fourth-order valence-electron chi connectivity index (χ4n) is 2.09. The molecule has 3 heteroatoms. The van der Waals surface area contributed by atoms with Crippen LogP contribution >= 0.6 is 11.6 Å². The first kappa shape index (κ1) is 13.1. The second-order valence-electron chi connectivity index (χ2n) is 4.30. The summed E-state index contributed by atoms with van der Waals surface area (Å²) < 4.78 is 13.1. The average Bonchev–Trinajstić information content (AvgIpc) is 2.33. The summed E-state index contributed by atoms with van der Waals surface area (Å²) in [6.07, 6.45) is 0. The van der Waals surface area contributed by atoms with E-state index in [1.165, 1.54) is 17.7 Å². The second kappa shape index (κ2) is 5.51. The molecule has 0 radical (unpaired) electrons. The van der Waals surface area contributed by atoms with Crippen LogP contribution in [0.25, 0.3) is 0 Å². The van der Waals surface area contributed by atoms with Crippen LogP contribution in [0.4, 0.5) is 4.39 Å². The number of hydrogen-bond donors (Lipinski definition) is 1. The van der Waals surface area contributed by atoms with E-state index in [-0.39, 0.29) is 11.9 Å². The minimum atomic E-state index is -0.317. The summed E-state index contributed by atoms with van der Waals surface area (Å²) in [7, 11) is 1.87. The van der Waals surface area contributed by atoms with Crippen LogP contribution in [0, 0.1) is 12.7 Å². The van der Waals surface area contributed by atoms with Gasteiger partial charge in [-0.25, -0.2) is 4.39 Å². The van der Waals surface area contributed by atoms with Crippen LogP contribution in [0.2, 0.25) is 5.02 Å². The average molecular weight is 264 g/mol. The predicted octanol–water partition coefficient (Wildman–Crippen LogP) is 4.10. The number of hydrogen-bond acceptors (Lipinski definition) is 1. The summed E-state index contributed by atoms with van der Waals surface area (Å²) in [5, 5.41) is 3.66. The Kier molecular flexibility index (Phi) is 4.00. The van der Waals surface area contributed by atoms with E-state index in [2.05, 4.69) is 11.4 Å². The molecule has 0 bridgehead atoms. The molecule has 0 aliphatic rings. The van der Waals surface area contributed by atoms with Gasteiger partial charge in [-0.1, -0.05) is 47.5 Å². The summed E-state index contributed by atoms with van der Waals surface area (Å²) in [5.41, 5.74) is 3.18. The van der Waals surface area contributed by atoms with Gasteiger partial charge < -0.3 is 5.32 Å². The third-order valence-corrected chi connectivity index (χ3v) is 3.26. The molecule has 0 heterocycles. The van der Waals surface area contributed by atoms with E-state index in [4.69, 9.17) is 11.6 Å². The molecule has 2 aromatic rings. The molecule has 1 nitrogen and oxygen atoms in total. The highest BCUT2D eigenvalue weighted by molar-refractivity contribution is 6.31. The molecule has 0 aliphatic heterocycles. The Labute approximate surface area is 112 Å². The van der Waals surface area contributed by atoms with Gasteiger partial charge in [-0.05, 0) is 37.2 Å². The van der Waals surface area contributed by atoms with Gasteiger partial charge in [0.15, 0.2) is 0 Å². The lowest BCUT2D eigenvalue weighted by atomic mass is 9.97. The number of nitrogens with one attached hydrogen (secondary N) is 1. The largest absolute Gasteiger partial charge is 0.309 e. The number of benzene rings is 2. The maximum absolute atomic E-state index is 13.1. The predicted molar refractivity (Wildman–Crippen MR) is 73.5 cm³/mol. The van der Waals surface area contributed by atoms with Crippen molar-refractivity contribution in [1.29, 1.82) is 0 Å². The van der Waals surface area contributed by atoms with Crippen LogP contribution in [0.3, 0.4) is 0 Å². The van der Waals surface area contributed by atoms with E-state index < -0.39 is 0 Å². The molecule has 0 saturated carbocycles. The summed E-state index contributed by atoms with van der Waals surface area (Å²) in [6, 6.07) is 12.7. The van der Waals surface area contributed by atoms with Gasteiger partial charge in [0.1, 0.15) is 5.82 Å². The molecule has 0 aromatic heterocycles. The van der Waals surface area contributed by atoms with Crippen molar-refractivity contribution in [2.24, 2.45) is 0 Å². The molecule has 1 atom stereocenters. The molecule has 0 spiro atoms. The van der Waals surface area contributed by atoms with Crippen molar-refractivity contribution < 1.29 is 4.39 Å². The summed E-state index contributed by atoms with van der Waals surface area (Å²) in [5.74, 6) is -0.317. The molecule has 2 rings (SSSR count). The highest BCUT2D eigenvalue weighted by Crippen LogP contribution is 2.29. The maximum atomic E-state index is 13.1. The normalized spacial score (nSPS) is 12.4. The van der Waals surface area contributed by atoms with Crippen LogP contribution < -0.4 is 5.32 Å². The third kappa shape index (κ3) is 2.71. The minimum Gasteiger partial charge on any atom is -0.309 e. The Bertz CT molecular complexity index is 554. The molecule has 2 aromatic carbocycles. The summed E-state index contributed by atoms with van der Waals surface area (Å²) in [4.78, 5) is 0. The fourth-order valence-corrected chi connectivity index (χ4v) is 2.36. The number of halogens is 2. The molecular formula is C15H15ClFN. The maximum Gasteiger partial charge on any atom is 0.124 e. The highest BCUT2D eigenvalue weighted by atomic mass is 35.5. The Morgan fingerprint density at radius 1 is 1.17 bits per heavy atom. The zero-order valence-electron chi connectivity index (χ0n) is 10.4. The number of aryl methyl sites for hydroxylation is 1. The van der Waals surface area contributed by atoms with E-state index in [1.807, 2.05) is 32.2 Å². The monoisotopic (exact) mass is 263 g/mol. The minimum absolute atomic E-state index is 0.0296. The van der Waals surface area contributed by atoms with Crippen LogP contribution in [0.1, 0.15) is 22.7 Å². The lowest BCUT2D eigenvalue weighted by Crippen LogP contribution is -2.18. The van der Waals surface area contributed by atoms with Gasteiger partial charge in [0.05, 0.1) is 6.04 Å². The van der Waals surface area contributed by atoms with Crippen molar-refractivity contribution >= 4 is 11.6 Å². The van der Waals surface area contributed by atoms with E-state index in [9.17, 15) is 4.39 Å². The van der Waals surface area contributed by atoms with Gasteiger partial charge in [0, 0.05) is 5.02 Å². The Balaban J connectivity index is 2.45. The molecule has 1 unspecified atom stereocenters. The van der Waals surface area contributed by atoms with Crippen molar-refractivity contribution in [2.45, 2.75) is 13.0 Å². The third-order valence-electron chi connectivity index (χ3n) is 2.94. The molecule has 1 N–H and O–H groups in total. The van der Waals surface area contributed by atoms with E-state index >= 15 is 0 Å². The molecule has 0 amide bonds. The van der Waals surface area contributed by atoms with Crippen LogP contribution in [-0.4, -0.2) is 7.05 Å². The van der Waals surface area contributed by atoms with Crippen molar-refractivity contribution in [3.8, 4) is 0 Å². The SMILES string of the molecule is CNC(c1cccc(C)c1)c1ccc(F)cc1Cl. The van der Waals surface area contributed by atoms with Gasteiger partial charge >= 0.3 is 0 Å². The van der Waals surface area contributed by atoms with Crippen molar-refractivity contribution in [1.82, 2.24) is 5.32 Å². The van der Waals surface area contributed by atoms with Gasteiger partial charge in [0.25, 0.3) is 0 Å². The Morgan fingerprint density at radius 3 is 2.56 bits per heavy atom. The van der Waals surface area contributed by atoms with Gasteiger partial charge in [-0.2, -0.15) is 0 Å². The second-order valence-corrected chi connectivity index (χ2v) is 4.71. The molecular weight excluding hydrogens is 249 g/mol. The van der Waals surface area contributed by atoms with Crippen molar-refractivity contribution in [3.63, 3.8) is 0 Å². The first-order chi connectivity index (χ1) is 8.61. The van der Waals surface area contributed by atoms with Crippen molar-refractivity contribution in [3.05, 3.63) is 70.0 Å². The first-order valence-corrected chi connectivity index (χ1v) is 6.18. The van der Waals surface area contributed by atoms with E-state index in [0.29, 0.717) is 5.02 Å². The lowest BCUT2D eigenvalue weighted by molar-refractivity contribution is 0.623. The molecule has 94 valence electrons. The molecule has 0 saturated heterocycles. The van der Waals surface area contributed by atoms with E-state index in [0.717, 1.165) is 11.1 Å². The molecule has 0 aliphatic carbocycles. The van der Waals surface area contributed by atoms with Gasteiger partial charge in [-0.15, -0.1) is 0 Å². The van der Waals surface area contributed by atoms with Gasteiger partial charge in [-0.3, -0.25) is 0 Å². The zero-order valence-corrected chi connectivity index (χ0v) is 11.1. The van der Waals surface area contributed by atoms with Crippen LogP contribution in [-0.2, 0) is 0 Å². The van der Waals surface area contributed by atoms with E-state index in [1.54, 1.807) is 6.07 Å². The topological polar surface area (TPSA) is 12.0 Å². The number of rotatable bonds is 3. The first-order valence-electron chi connectivity index (χ1n) is 5.80.